The second kappa shape index (κ2) is 8.82. The van der Waals surface area contributed by atoms with Crippen LogP contribution in [0, 0.1) is 11.3 Å². The number of hydrogen-bond donors (Lipinski definition) is 1. The zero-order valence-electron chi connectivity index (χ0n) is 15.2. The van der Waals surface area contributed by atoms with Gasteiger partial charge in [-0.1, -0.05) is 38.1 Å². The first-order chi connectivity index (χ1) is 12.5. The molecule has 0 aliphatic rings. The average Bonchev–Trinajstić information content (AvgIpc) is 2.67. The maximum atomic E-state index is 12.4. The average molecular weight is 350 g/mol. The summed E-state index contributed by atoms with van der Waals surface area (Å²) in [6.07, 6.45) is -0.00892. The van der Waals surface area contributed by atoms with Crippen molar-refractivity contribution in [2.75, 3.05) is 5.32 Å². The Morgan fingerprint density at radius 3 is 2.58 bits per heavy atom. The van der Waals surface area contributed by atoms with Gasteiger partial charge in [-0.3, -0.25) is 4.79 Å². The number of carbonyl (C=O) groups is 2. The molecule has 5 heteroatoms. The molecule has 5 nitrogen and oxygen atoms in total. The monoisotopic (exact) mass is 350 g/mol. The van der Waals surface area contributed by atoms with E-state index in [1.807, 2.05) is 30.3 Å². The molecule has 0 aliphatic carbocycles. The van der Waals surface area contributed by atoms with Gasteiger partial charge >= 0.3 is 5.97 Å². The molecule has 0 spiro atoms. The second-order valence-electron chi connectivity index (χ2n) is 6.13. The van der Waals surface area contributed by atoms with E-state index in [2.05, 4.69) is 19.2 Å². The highest BCUT2D eigenvalue weighted by atomic mass is 16.5. The molecule has 0 heterocycles. The third-order valence-electron chi connectivity index (χ3n) is 4.24. The summed E-state index contributed by atoms with van der Waals surface area (Å²) in [5.41, 5.74) is 2.37. The van der Waals surface area contributed by atoms with Gasteiger partial charge in [-0.25, -0.2) is 4.79 Å². The number of carbonyl (C=O) groups excluding carboxylic acids is 2. The molecular weight excluding hydrogens is 328 g/mol. The molecule has 0 aromatic heterocycles. The summed E-state index contributed by atoms with van der Waals surface area (Å²) in [7, 11) is 0. The molecule has 134 valence electrons. The fourth-order valence-corrected chi connectivity index (χ4v) is 2.49. The predicted octanol–water partition coefficient (Wildman–Crippen LogP) is 4.26. The van der Waals surface area contributed by atoms with Crippen LogP contribution in [0.3, 0.4) is 0 Å². The number of para-hydroxylation sites is 1. The van der Waals surface area contributed by atoms with Crippen molar-refractivity contribution in [3.05, 3.63) is 65.2 Å². The van der Waals surface area contributed by atoms with E-state index < -0.39 is 18.0 Å². The number of ether oxygens (including phenoxy) is 1. The molecule has 0 aliphatic heterocycles. The van der Waals surface area contributed by atoms with Crippen molar-refractivity contribution in [2.45, 2.75) is 39.2 Å². The van der Waals surface area contributed by atoms with Gasteiger partial charge in [-0.2, -0.15) is 5.26 Å². The third-order valence-corrected chi connectivity index (χ3v) is 4.24. The Balaban J connectivity index is 2.06. The van der Waals surface area contributed by atoms with E-state index in [9.17, 15) is 9.59 Å². The lowest BCUT2D eigenvalue weighted by molar-refractivity contribution is -0.123. The first-order valence-electron chi connectivity index (χ1n) is 8.57. The van der Waals surface area contributed by atoms with Crippen LogP contribution in [0.2, 0.25) is 0 Å². The molecule has 0 fully saturated rings. The molecule has 0 radical (unpaired) electrons. The van der Waals surface area contributed by atoms with Gasteiger partial charge in [0.25, 0.3) is 5.91 Å². The van der Waals surface area contributed by atoms with E-state index in [1.165, 1.54) is 13.0 Å². The topological polar surface area (TPSA) is 79.2 Å². The molecular formula is C21H22N2O3. The van der Waals surface area contributed by atoms with Crippen LogP contribution < -0.4 is 5.32 Å². The minimum absolute atomic E-state index is 0.240. The van der Waals surface area contributed by atoms with Crippen LogP contribution in [0.4, 0.5) is 5.69 Å². The van der Waals surface area contributed by atoms with E-state index in [0.29, 0.717) is 11.5 Å². The number of hydrogen-bond acceptors (Lipinski definition) is 4. The first kappa shape index (κ1) is 19.2. The maximum absolute atomic E-state index is 12.4. The summed E-state index contributed by atoms with van der Waals surface area (Å²) in [5, 5.41) is 11.7. The molecule has 26 heavy (non-hydrogen) atoms. The second-order valence-corrected chi connectivity index (χ2v) is 6.13. The van der Waals surface area contributed by atoms with Crippen LogP contribution in [-0.2, 0) is 9.53 Å². The Bertz CT molecular complexity index is 839. The fraction of sp³-hybridized carbons (Fsp3) is 0.286. The predicted molar refractivity (Wildman–Crippen MR) is 99.8 cm³/mol. The molecule has 0 saturated carbocycles. The number of anilines is 1. The maximum Gasteiger partial charge on any atom is 0.338 e. The smallest absolute Gasteiger partial charge is 0.338 e. The number of nitrogens with zero attached hydrogens (tertiary/aromatic N) is 1. The zero-order chi connectivity index (χ0) is 19.1. The highest BCUT2D eigenvalue weighted by Crippen LogP contribution is 2.26. The third kappa shape index (κ3) is 4.70. The standard InChI is InChI=1S/C21H22N2O3/c1-4-14(2)18-10-5-6-11-19(18)23-20(24)15(3)26-21(25)17-9-7-8-16(12-17)13-22/h5-12,14-15H,4H2,1-3H3,(H,23,24)/t14-,15-/m0/s1. The lowest BCUT2D eigenvalue weighted by Gasteiger charge is -2.18. The van der Waals surface area contributed by atoms with Crippen molar-refractivity contribution >= 4 is 17.6 Å². The van der Waals surface area contributed by atoms with E-state index >= 15 is 0 Å². The summed E-state index contributed by atoms with van der Waals surface area (Å²) in [6, 6.07) is 15.7. The molecule has 0 unspecified atom stereocenters. The summed E-state index contributed by atoms with van der Waals surface area (Å²) in [4.78, 5) is 24.6. The molecule has 2 aromatic rings. The van der Waals surface area contributed by atoms with Crippen molar-refractivity contribution in [1.29, 1.82) is 5.26 Å². The van der Waals surface area contributed by atoms with Gasteiger partial charge in [-0.15, -0.1) is 0 Å². The SMILES string of the molecule is CC[C@H](C)c1ccccc1NC(=O)[C@H](C)OC(=O)c1cccc(C#N)c1. The van der Waals surface area contributed by atoms with Crippen LogP contribution in [0.25, 0.3) is 0 Å². The highest BCUT2D eigenvalue weighted by Gasteiger charge is 2.20. The van der Waals surface area contributed by atoms with Crippen molar-refractivity contribution in [3.63, 3.8) is 0 Å². The number of rotatable bonds is 6. The van der Waals surface area contributed by atoms with Crippen LogP contribution in [0.15, 0.2) is 48.5 Å². The Hall–Kier alpha value is -3.13. The number of nitrogens with one attached hydrogen (secondary N) is 1. The van der Waals surface area contributed by atoms with Gasteiger partial charge in [0.05, 0.1) is 17.2 Å². The van der Waals surface area contributed by atoms with Gasteiger partial charge in [0.2, 0.25) is 0 Å². The Kier molecular flexibility index (Phi) is 6.51. The largest absolute Gasteiger partial charge is 0.449 e. The number of amides is 1. The minimum Gasteiger partial charge on any atom is -0.449 e. The summed E-state index contributed by atoms with van der Waals surface area (Å²) in [5.74, 6) is -0.733. The fourth-order valence-electron chi connectivity index (χ4n) is 2.49. The molecule has 2 rings (SSSR count). The molecule has 2 aromatic carbocycles. The molecule has 1 N–H and O–H groups in total. The van der Waals surface area contributed by atoms with E-state index in [-0.39, 0.29) is 5.56 Å². The molecule has 2 atom stereocenters. The van der Waals surface area contributed by atoms with Crippen LogP contribution in [0.1, 0.15) is 54.6 Å². The van der Waals surface area contributed by atoms with Gasteiger partial charge in [0.1, 0.15) is 0 Å². The number of nitriles is 1. The van der Waals surface area contributed by atoms with Gasteiger partial charge in [0, 0.05) is 5.69 Å². The summed E-state index contributed by atoms with van der Waals surface area (Å²) >= 11 is 0. The van der Waals surface area contributed by atoms with Crippen LogP contribution in [-0.4, -0.2) is 18.0 Å². The van der Waals surface area contributed by atoms with Crippen LogP contribution in [0.5, 0.6) is 0 Å². The van der Waals surface area contributed by atoms with Crippen molar-refractivity contribution in [2.24, 2.45) is 0 Å². The van der Waals surface area contributed by atoms with Crippen LogP contribution >= 0.6 is 0 Å². The number of benzene rings is 2. The van der Waals surface area contributed by atoms with E-state index in [1.54, 1.807) is 18.2 Å². The molecule has 0 saturated heterocycles. The van der Waals surface area contributed by atoms with Gasteiger partial charge in [0.15, 0.2) is 6.10 Å². The van der Waals surface area contributed by atoms with Gasteiger partial charge < -0.3 is 10.1 Å². The quantitative estimate of drug-likeness (QED) is 0.790. The van der Waals surface area contributed by atoms with Gasteiger partial charge in [-0.05, 0) is 49.1 Å². The lowest BCUT2D eigenvalue weighted by atomic mass is 9.97. The molecule has 0 bridgehead atoms. The van der Waals surface area contributed by atoms with Crippen molar-refractivity contribution in [3.8, 4) is 6.07 Å². The van der Waals surface area contributed by atoms with Crippen molar-refractivity contribution in [1.82, 2.24) is 0 Å². The Labute approximate surface area is 153 Å². The normalized spacial score (nSPS) is 12.5. The Morgan fingerprint density at radius 1 is 1.15 bits per heavy atom. The summed E-state index contributed by atoms with van der Waals surface area (Å²) < 4.78 is 5.24. The highest BCUT2D eigenvalue weighted by molar-refractivity contribution is 5.97. The molecule has 1 amide bonds. The van der Waals surface area contributed by atoms with E-state index in [0.717, 1.165) is 17.7 Å². The van der Waals surface area contributed by atoms with Crippen molar-refractivity contribution < 1.29 is 14.3 Å². The Morgan fingerprint density at radius 2 is 1.88 bits per heavy atom. The summed E-state index contributed by atoms with van der Waals surface area (Å²) in [6.45, 7) is 5.70. The zero-order valence-corrected chi connectivity index (χ0v) is 15.2. The first-order valence-corrected chi connectivity index (χ1v) is 8.57. The minimum atomic E-state index is -0.960. The van der Waals surface area contributed by atoms with E-state index in [4.69, 9.17) is 10.00 Å². The lowest BCUT2D eigenvalue weighted by Crippen LogP contribution is -2.30. The number of esters is 1.